The molecule has 1 aliphatic rings. The molecule has 2 aromatic carbocycles. The molecule has 1 saturated heterocycles. The maximum absolute atomic E-state index is 13.3. The van der Waals surface area contributed by atoms with Crippen LogP contribution in [0.1, 0.15) is 60.7 Å². The molecule has 1 amide bonds. The summed E-state index contributed by atoms with van der Waals surface area (Å²) in [6, 6.07) is 13.6. The van der Waals surface area contributed by atoms with Gasteiger partial charge >= 0.3 is 0 Å². The molecule has 0 aliphatic carbocycles. The highest BCUT2D eigenvalue weighted by Crippen LogP contribution is 2.42. The SMILES string of the molecule is CCOc1ccc(CN2C(=O)C(=O)/C(=C(/O)c3cc(C(C)C)c(OC)cc3C)C2c2ccco2)cc1. The summed E-state index contributed by atoms with van der Waals surface area (Å²) < 4.78 is 16.7. The molecular formula is C29H31NO6. The lowest BCUT2D eigenvalue weighted by atomic mass is 9.92. The number of hydrogen-bond donors (Lipinski definition) is 1. The average Bonchev–Trinajstić information content (AvgIpc) is 3.47. The van der Waals surface area contributed by atoms with Crippen LogP contribution >= 0.6 is 0 Å². The van der Waals surface area contributed by atoms with Crippen LogP contribution in [0.5, 0.6) is 11.5 Å². The zero-order valence-corrected chi connectivity index (χ0v) is 21.2. The maximum Gasteiger partial charge on any atom is 0.296 e. The summed E-state index contributed by atoms with van der Waals surface area (Å²) in [7, 11) is 1.60. The second-order valence-corrected chi connectivity index (χ2v) is 9.08. The Balaban J connectivity index is 1.82. The number of ether oxygens (including phenoxy) is 2. The number of aliphatic hydroxyl groups is 1. The number of carbonyl (C=O) groups excluding carboxylic acids is 2. The Morgan fingerprint density at radius 3 is 2.44 bits per heavy atom. The van der Waals surface area contributed by atoms with Gasteiger partial charge in [-0.25, -0.2) is 0 Å². The fourth-order valence-electron chi connectivity index (χ4n) is 4.57. The van der Waals surface area contributed by atoms with E-state index in [0.717, 1.165) is 22.4 Å². The summed E-state index contributed by atoms with van der Waals surface area (Å²) in [6.07, 6.45) is 1.49. The average molecular weight is 490 g/mol. The van der Waals surface area contributed by atoms with Gasteiger partial charge in [-0.15, -0.1) is 0 Å². The smallest absolute Gasteiger partial charge is 0.296 e. The Morgan fingerprint density at radius 2 is 1.86 bits per heavy atom. The van der Waals surface area contributed by atoms with Crippen molar-refractivity contribution in [2.24, 2.45) is 0 Å². The molecule has 0 radical (unpaired) electrons. The van der Waals surface area contributed by atoms with Crippen LogP contribution in [0.25, 0.3) is 5.76 Å². The normalized spacial score (nSPS) is 17.2. The number of rotatable bonds is 8. The number of ketones is 1. The molecule has 4 rings (SSSR count). The van der Waals surface area contributed by atoms with E-state index in [4.69, 9.17) is 13.9 Å². The minimum absolute atomic E-state index is 0.00357. The molecule has 7 nitrogen and oxygen atoms in total. The fraction of sp³-hybridized carbons (Fsp3) is 0.310. The van der Waals surface area contributed by atoms with E-state index in [1.54, 1.807) is 19.2 Å². The molecule has 3 aromatic rings. The first-order chi connectivity index (χ1) is 17.3. The van der Waals surface area contributed by atoms with Gasteiger partial charge in [-0.1, -0.05) is 26.0 Å². The summed E-state index contributed by atoms with van der Waals surface area (Å²) in [5.41, 5.74) is 2.92. The van der Waals surface area contributed by atoms with Crippen molar-refractivity contribution in [2.75, 3.05) is 13.7 Å². The van der Waals surface area contributed by atoms with Gasteiger partial charge in [0.25, 0.3) is 11.7 Å². The molecule has 1 aromatic heterocycles. The quantitative estimate of drug-likeness (QED) is 0.247. The monoisotopic (exact) mass is 489 g/mol. The van der Waals surface area contributed by atoms with Crippen molar-refractivity contribution in [3.8, 4) is 11.5 Å². The van der Waals surface area contributed by atoms with Gasteiger partial charge in [-0.2, -0.15) is 0 Å². The number of benzene rings is 2. The molecule has 0 bridgehead atoms. The third-order valence-corrected chi connectivity index (χ3v) is 6.39. The van der Waals surface area contributed by atoms with E-state index >= 15 is 0 Å². The summed E-state index contributed by atoms with van der Waals surface area (Å²) in [5.74, 6) is 0.278. The zero-order chi connectivity index (χ0) is 26.0. The Kier molecular flexibility index (Phi) is 7.20. The molecule has 36 heavy (non-hydrogen) atoms. The van der Waals surface area contributed by atoms with Crippen LogP contribution in [0.15, 0.2) is 64.8 Å². The number of amides is 1. The third kappa shape index (κ3) is 4.61. The third-order valence-electron chi connectivity index (χ3n) is 6.39. The molecule has 1 N–H and O–H groups in total. The van der Waals surface area contributed by atoms with Crippen molar-refractivity contribution in [3.05, 3.63) is 88.4 Å². The lowest BCUT2D eigenvalue weighted by Crippen LogP contribution is -2.29. The molecule has 0 spiro atoms. The van der Waals surface area contributed by atoms with E-state index in [0.29, 0.717) is 23.7 Å². The Labute approximate surface area is 210 Å². The van der Waals surface area contributed by atoms with Gasteiger partial charge < -0.3 is 23.9 Å². The van der Waals surface area contributed by atoms with Crippen LogP contribution < -0.4 is 9.47 Å². The Morgan fingerprint density at radius 1 is 1.14 bits per heavy atom. The van der Waals surface area contributed by atoms with E-state index in [-0.39, 0.29) is 23.8 Å². The molecule has 7 heteroatoms. The van der Waals surface area contributed by atoms with Crippen LogP contribution in [0.2, 0.25) is 0 Å². The summed E-state index contributed by atoms with van der Waals surface area (Å²) in [5, 5.41) is 11.5. The minimum atomic E-state index is -0.865. The van der Waals surface area contributed by atoms with Crippen molar-refractivity contribution in [3.63, 3.8) is 0 Å². The van der Waals surface area contributed by atoms with Gasteiger partial charge in [0.2, 0.25) is 0 Å². The predicted octanol–water partition coefficient (Wildman–Crippen LogP) is 5.74. The number of furan rings is 1. The first-order valence-electron chi connectivity index (χ1n) is 12.0. The standard InChI is InChI=1S/C29H31NO6/c1-6-35-20-11-9-19(10-12-20)16-30-26(23-8-7-13-36-23)25(28(32)29(30)33)27(31)22-15-21(17(2)3)24(34-5)14-18(22)4/h7-15,17,26,31H,6,16H2,1-5H3/b27-25+. The number of carbonyl (C=O) groups is 2. The van der Waals surface area contributed by atoms with Crippen molar-refractivity contribution in [2.45, 2.75) is 46.2 Å². The summed E-state index contributed by atoms with van der Waals surface area (Å²) >= 11 is 0. The number of aliphatic hydroxyl groups excluding tert-OH is 1. The number of likely N-dealkylation sites (tertiary alicyclic amines) is 1. The first-order valence-corrected chi connectivity index (χ1v) is 12.0. The van der Waals surface area contributed by atoms with Crippen LogP contribution in [-0.2, 0) is 16.1 Å². The van der Waals surface area contributed by atoms with Crippen molar-refractivity contribution >= 4 is 17.4 Å². The lowest BCUT2D eigenvalue weighted by Gasteiger charge is -2.24. The number of methoxy groups -OCH3 is 1. The number of hydrogen-bond acceptors (Lipinski definition) is 6. The minimum Gasteiger partial charge on any atom is -0.507 e. The van der Waals surface area contributed by atoms with Crippen LogP contribution in [0.4, 0.5) is 0 Å². The van der Waals surface area contributed by atoms with E-state index in [1.807, 2.05) is 64.1 Å². The van der Waals surface area contributed by atoms with E-state index in [2.05, 4.69) is 0 Å². The second-order valence-electron chi connectivity index (χ2n) is 9.08. The van der Waals surface area contributed by atoms with Gasteiger partial charge in [0.15, 0.2) is 0 Å². The highest BCUT2D eigenvalue weighted by Gasteiger charge is 2.47. The summed E-state index contributed by atoms with van der Waals surface area (Å²) in [6.45, 7) is 8.50. The molecule has 2 heterocycles. The maximum atomic E-state index is 13.3. The summed E-state index contributed by atoms with van der Waals surface area (Å²) in [4.78, 5) is 28.0. The topological polar surface area (TPSA) is 89.2 Å². The molecule has 1 aliphatic heterocycles. The van der Waals surface area contributed by atoms with Gasteiger partial charge in [-0.05, 0) is 72.9 Å². The molecule has 1 fully saturated rings. The molecule has 1 unspecified atom stereocenters. The van der Waals surface area contributed by atoms with Crippen LogP contribution in [0.3, 0.4) is 0 Å². The van der Waals surface area contributed by atoms with E-state index in [9.17, 15) is 14.7 Å². The van der Waals surface area contributed by atoms with E-state index < -0.39 is 17.7 Å². The number of aryl methyl sites for hydroxylation is 1. The van der Waals surface area contributed by atoms with Gasteiger partial charge in [0.05, 0.1) is 25.6 Å². The lowest BCUT2D eigenvalue weighted by molar-refractivity contribution is -0.140. The molecular weight excluding hydrogens is 458 g/mol. The number of nitrogens with zero attached hydrogens (tertiary/aromatic N) is 1. The van der Waals surface area contributed by atoms with Crippen LogP contribution in [0, 0.1) is 6.92 Å². The van der Waals surface area contributed by atoms with Crippen molar-refractivity contribution < 1.29 is 28.6 Å². The Bertz CT molecular complexity index is 1290. The number of Topliss-reactive ketones (excluding diaryl/α,β-unsaturated/α-hetero) is 1. The first kappa shape index (κ1) is 25.1. The zero-order valence-electron chi connectivity index (χ0n) is 21.2. The van der Waals surface area contributed by atoms with Gasteiger partial charge in [0.1, 0.15) is 29.1 Å². The highest BCUT2D eigenvalue weighted by molar-refractivity contribution is 6.46. The largest absolute Gasteiger partial charge is 0.507 e. The molecule has 188 valence electrons. The van der Waals surface area contributed by atoms with Crippen molar-refractivity contribution in [1.29, 1.82) is 0 Å². The second kappa shape index (κ2) is 10.3. The van der Waals surface area contributed by atoms with Gasteiger partial charge in [0, 0.05) is 12.1 Å². The highest BCUT2D eigenvalue weighted by atomic mass is 16.5. The van der Waals surface area contributed by atoms with Gasteiger partial charge in [-0.3, -0.25) is 9.59 Å². The van der Waals surface area contributed by atoms with E-state index in [1.165, 1.54) is 11.2 Å². The molecule has 0 saturated carbocycles. The predicted molar refractivity (Wildman–Crippen MR) is 136 cm³/mol. The Hall–Kier alpha value is -4.00. The fourth-order valence-corrected chi connectivity index (χ4v) is 4.57. The molecule has 1 atom stereocenters. The van der Waals surface area contributed by atoms with Crippen LogP contribution in [-0.4, -0.2) is 35.4 Å². The van der Waals surface area contributed by atoms with Crippen molar-refractivity contribution in [1.82, 2.24) is 4.90 Å².